The second kappa shape index (κ2) is 12.6. The molecule has 0 aliphatic heterocycles. The van der Waals surface area contributed by atoms with E-state index in [1.165, 1.54) is 0 Å². The zero-order valence-electron chi connectivity index (χ0n) is 17.1. The molecule has 0 atom stereocenters. The molecule has 170 valence electrons. The third-order valence-electron chi connectivity index (χ3n) is 3.79. The van der Waals surface area contributed by atoms with Gasteiger partial charge in [0.05, 0.1) is 0 Å². The molecule has 0 saturated heterocycles. The Balaban J connectivity index is 0.000000451. The number of carboxylic acid groups (broad SMARTS) is 1. The molecule has 0 aliphatic rings. The largest absolute Gasteiger partial charge is 0.490 e. The fourth-order valence-electron chi connectivity index (χ4n) is 2.21. The Bertz CT molecular complexity index is 891. The number of rotatable bonds is 8. The highest BCUT2D eigenvalue weighted by Crippen LogP contribution is 2.42. The van der Waals surface area contributed by atoms with E-state index in [9.17, 15) is 13.2 Å². The Hall–Kier alpha value is -3.16. The molecule has 1 N–H and O–H groups in total. The SMILES string of the molecule is CN(CCc1ccccn1)P(Oc1ccccc1)Oc1ccccc1.O=C(O)C(F)(F)F. The maximum absolute atomic E-state index is 10.6. The second-order valence-electron chi connectivity index (χ2n) is 6.30. The Labute approximate surface area is 185 Å². The standard InChI is InChI=1S/C20H21N2O2P.C2HF3O2/c1-22(17-15-18-10-8-9-16-21-18)25(23-19-11-4-2-5-12-19)24-20-13-6-3-7-14-20;3-2(4,5)1(6)7/h2-14,16H,15,17H2,1H3;(H,6,7). The van der Waals surface area contributed by atoms with Crippen LogP contribution in [0, 0.1) is 0 Å². The first-order chi connectivity index (χ1) is 15.3. The number of alkyl halides is 3. The van der Waals surface area contributed by atoms with Crippen molar-refractivity contribution in [3.63, 3.8) is 0 Å². The van der Waals surface area contributed by atoms with Crippen LogP contribution in [0.15, 0.2) is 85.1 Å². The van der Waals surface area contributed by atoms with Crippen molar-refractivity contribution in [1.29, 1.82) is 0 Å². The number of benzene rings is 2. The molecule has 0 saturated carbocycles. The normalized spacial score (nSPS) is 10.9. The van der Waals surface area contributed by atoms with Crippen LogP contribution >= 0.6 is 8.53 Å². The van der Waals surface area contributed by atoms with Crippen LogP contribution in [0.3, 0.4) is 0 Å². The topological polar surface area (TPSA) is 71.9 Å². The van der Waals surface area contributed by atoms with Crippen molar-refractivity contribution in [1.82, 2.24) is 9.65 Å². The fraction of sp³-hybridized carbons (Fsp3) is 0.182. The quantitative estimate of drug-likeness (QED) is 0.438. The highest BCUT2D eigenvalue weighted by atomic mass is 31.2. The van der Waals surface area contributed by atoms with Crippen LogP contribution in [-0.2, 0) is 11.2 Å². The van der Waals surface area contributed by atoms with Gasteiger partial charge in [-0.3, -0.25) is 4.98 Å². The van der Waals surface area contributed by atoms with Gasteiger partial charge in [-0.15, -0.1) is 0 Å². The molecule has 3 aromatic rings. The minimum absolute atomic E-state index is 0.794. The van der Waals surface area contributed by atoms with Crippen molar-refractivity contribution >= 4 is 14.5 Å². The number of pyridine rings is 1. The summed E-state index contributed by atoms with van der Waals surface area (Å²) in [5, 5.41) is 7.12. The fourth-order valence-corrected chi connectivity index (χ4v) is 3.39. The van der Waals surface area contributed by atoms with E-state index >= 15 is 0 Å². The van der Waals surface area contributed by atoms with Crippen LogP contribution in [0.25, 0.3) is 0 Å². The first kappa shape index (κ1) is 25.1. The molecule has 0 fully saturated rings. The Morgan fingerprint density at radius 3 is 1.81 bits per heavy atom. The maximum Gasteiger partial charge on any atom is 0.490 e. The number of halogens is 3. The van der Waals surface area contributed by atoms with Gasteiger partial charge in [0, 0.05) is 24.9 Å². The smallest absolute Gasteiger partial charge is 0.475 e. The molecular weight excluding hydrogens is 444 g/mol. The molecule has 0 bridgehead atoms. The molecule has 0 unspecified atom stereocenters. The molecule has 0 spiro atoms. The van der Waals surface area contributed by atoms with E-state index in [0.717, 1.165) is 30.2 Å². The number of para-hydroxylation sites is 2. The van der Waals surface area contributed by atoms with E-state index in [1.807, 2.05) is 92.1 Å². The predicted molar refractivity (Wildman–Crippen MR) is 115 cm³/mol. The van der Waals surface area contributed by atoms with E-state index in [2.05, 4.69) is 9.65 Å². The first-order valence-electron chi connectivity index (χ1n) is 9.43. The van der Waals surface area contributed by atoms with Crippen molar-refractivity contribution in [2.75, 3.05) is 13.6 Å². The summed E-state index contributed by atoms with van der Waals surface area (Å²) in [5.41, 5.74) is 1.06. The summed E-state index contributed by atoms with van der Waals surface area (Å²) in [4.78, 5) is 13.3. The van der Waals surface area contributed by atoms with Crippen molar-refractivity contribution in [2.24, 2.45) is 0 Å². The third kappa shape index (κ3) is 9.32. The molecule has 1 heterocycles. The first-order valence-corrected chi connectivity index (χ1v) is 10.6. The van der Waals surface area contributed by atoms with Crippen LogP contribution in [-0.4, -0.2) is 40.5 Å². The molecular formula is C22H22F3N2O4P. The van der Waals surface area contributed by atoms with Gasteiger partial charge in [-0.2, -0.15) is 13.2 Å². The summed E-state index contributed by atoms with van der Waals surface area (Å²) in [6.45, 7) is 0.794. The molecule has 10 heteroatoms. The van der Waals surface area contributed by atoms with Gasteiger partial charge in [0.1, 0.15) is 11.5 Å². The minimum Gasteiger partial charge on any atom is -0.475 e. The number of carbonyl (C=O) groups is 1. The Morgan fingerprint density at radius 1 is 0.938 bits per heavy atom. The van der Waals surface area contributed by atoms with Gasteiger partial charge < -0.3 is 14.2 Å². The minimum atomic E-state index is -5.08. The number of aromatic nitrogens is 1. The molecule has 1 aromatic heterocycles. The molecule has 0 radical (unpaired) electrons. The number of likely N-dealkylation sites (N-methyl/N-ethyl adjacent to an activating group) is 1. The maximum atomic E-state index is 10.6. The highest BCUT2D eigenvalue weighted by Gasteiger charge is 2.38. The average Bonchev–Trinajstić information content (AvgIpc) is 2.79. The zero-order chi connectivity index (χ0) is 23.4. The Morgan fingerprint density at radius 2 is 1.41 bits per heavy atom. The lowest BCUT2D eigenvalue weighted by atomic mass is 10.3. The predicted octanol–water partition coefficient (Wildman–Crippen LogP) is 5.57. The van der Waals surface area contributed by atoms with E-state index in [1.54, 1.807) is 0 Å². The summed E-state index contributed by atoms with van der Waals surface area (Å²) < 4.78 is 46.1. The van der Waals surface area contributed by atoms with Gasteiger partial charge >= 0.3 is 20.7 Å². The lowest BCUT2D eigenvalue weighted by Crippen LogP contribution is -2.21. The molecule has 0 aliphatic carbocycles. The van der Waals surface area contributed by atoms with Gasteiger partial charge in [0.2, 0.25) is 0 Å². The van der Waals surface area contributed by atoms with Crippen LogP contribution in [0.4, 0.5) is 13.2 Å². The van der Waals surface area contributed by atoms with Crippen LogP contribution in [0.1, 0.15) is 5.69 Å². The van der Waals surface area contributed by atoms with Crippen LogP contribution in [0.2, 0.25) is 0 Å². The highest BCUT2D eigenvalue weighted by molar-refractivity contribution is 7.45. The van der Waals surface area contributed by atoms with E-state index in [0.29, 0.717) is 0 Å². The van der Waals surface area contributed by atoms with E-state index < -0.39 is 20.7 Å². The number of aliphatic carboxylic acids is 1. The third-order valence-corrected chi connectivity index (χ3v) is 5.28. The number of hydrogen-bond acceptors (Lipinski definition) is 5. The zero-order valence-corrected chi connectivity index (χ0v) is 18.0. The van der Waals surface area contributed by atoms with Gasteiger partial charge in [0.15, 0.2) is 0 Å². The van der Waals surface area contributed by atoms with E-state index in [-0.39, 0.29) is 0 Å². The number of nitrogens with zero attached hydrogens (tertiary/aromatic N) is 2. The average molecular weight is 466 g/mol. The summed E-state index contributed by atoms with van der Waals surface area (Å²) in [6.07, 6.45) is -2.43. The van der Waals surface area contributed by atoms with Gasteiger partial charge in [-0.1, -0.05) is 42.5 Å². The van der Waals surface area contributed by atoms with Crippen molar-refractivity contribution in [2.45, 2.75) is 12.6 Å². The summed E-state index contributed by atoms with van der Waals surface area (Å²) in [6, 6.07) is 25.5. The molecule has 0 amide bonds. The van der Waals surface area contributed by atoms with Crippen LogP contribution < -0.4 is 9.05 Å². The lowest BCUT2D eigenvalue weighted by molar-refractivity contribution is -0.192. The summed E-state index contributed by atoms with van der Waals surface area (Å²) >= 11 is 0. The Kier molecular flexibility index (Phi) is 9.91. The monoisotopic (exact) mass is 466 g/mol. The molecule has 3 rings (SSSR count). The second-order valence-corrected chi connectivity index (χ2v) is 7.83. The van der Waals surface area contributed by atoms with Gasteiger partial charge in [-0.25, -0.2) is 9.46 Å². The van der Waals surface area contributed by atoms with Crippen LogP contribution in [0.5, 0.6) is 11.5 Å². The summed E-state index contributed by atoms with van der Waals surface area (Å²) in [7, 11) is 0.749. The van der Waals surface area contributed by atoms with Crippen molar-refractivity contribution < 1.29 is 32.1 Å². The van der Waals surface area contributed by atoms with Gasteiger partial charge in [0.25, 0.3) is 0 Å². The van der Waals surface area contributed by atoms with Gasteiger partial charge in [-0.05, 0) is 43.4 Å². The van der Waals surface area contributed by atoms with Crippen molar-refractivity contribution in [3.05, 3.63) is 90.8 Å². The molecule has 2 aromatic carbocycles. The lowest BCUT2D eigenvalue weighted by Gasteiger charge is -2.26. The number of carboxylic acids is 1. The summed E-state index contributed by atoms with van der Waals surface area (Å²) in [5.74, 6) is -1.16. The molecule has 32 heavy (non-hydrogen) atoms. The van der Waals surface area contributed by atoms with Crippen molar-refractivity contribution in [3.8, 4) is 11.5 Å². The number of hydrogen-bond donors (Lipinski definition) is 1. The van der Waals surface area contributed by atoms with E-state index in [4.69, 9.17) is 18.9 Å². The molecule has 6 nitrogen and oxygen atoms in total.